The lowest BCUT2D eigenvalue weighted by Gasteiger charge is -2.08. The molecule has 0 aliphatic carbocycles. The second kappa shape index (κ2) is 7.62. The first kappa shape index (κ1) is 17.9. The van der Waals surface area contributed by atoms with E-state index in [9.17, 15) is 4.79 Å². The molecule has 0 aliphatic heterocycles. The molecular weight excluding hydrogens is 372 g/mol. The summed E-state index contributed by atoms with van der Waals surface area (Å²) in [6.07, 6.45) is 0.371. The normalized spacial score (nSPS) is 11.2. The number of hydrogen-bond donors (Lipinski definition) is 1. The van der Waals surface area contributed by atoms with E-state index in [1.165, 1.54) is 16.9 Å². The van der Waals surface area contributed by atoms with E-state index in [4.69, 9.17) is 4.98 Å². The number of anilines is 1. The minimum absolute atomic E-state index is 0.00268. The number of hydrogen-bond acceptors (Lipinski definition) is 4. The van der Waals surface area contributed by atoms with Gasteiger partial charge in [-0.3, -0.25) is 4.79 Å². The summed E-state index contributed by atoms with van der Waals surface area (Å²) in [6, 6.07) is 18.4. The van der Waals surface area contributed by atoms with E-state index in [2.05, 4.69) is 37.4 Å². The Morgan fingerprint density at radius 1 is 1.07 bits per heavy atom. The smallest absolute Gasteiger partial charge is 0.229 e. The Hall–Kier alpha value is -2.50. The molecule has 0 fully saturated rings. The van der Waals surface area contributed by atoms with Gasteiger partial charge in [-0.2, -0.15) is 0 Å². The molecule has 0 unspecified atom stereocenters. The van der Waals surface area contributed by atoms with Gasteiger partial charge >= 0.3 is 0 Å². The summed E-state index contributed by atoms with van der Waals surface area (Å²) < 4.78 is 1.15. The van der Waals surface area contributed by atoms with Gasteiger partial charge in [-0.25, -0.2) is 4.98 Å². The molecule has 0 atom stereocenters. The van der Waals surface area contributed by atoms with Crippen molar-refractivity contribution in [2.75, 3.05) is 5.32 Å². The predicted octanol–water partition coefficient (Wildman–Crippen LogP) is 6.33. The number of amides is 1. The van der Waals surface area contributed by atoms with Gasteiger partial charge < -0.3 is 5.32 Å². The van der Waals surface area contributed by atoms with Gasteiger partial charge in [-0.15, -0.1) is 22.7 Å². The molecule has 0 spiro atoms. The molecule has 4 aromatic rings. The maximum atomic E-state index is 12.5. The average Bonchev–Trinajstić information content (AvgIpc) is 3.28. The fraction of sp³-hybridized carbons (Fsp3) is 0.182. The van der Waals surface area contributed by atoms with Gasteiger partial charge in [-0.1, -0.05) is 50.2 Å². The van der Waals surface area contributed by atoms with Crippen molar-refractivity contribution in [1.82, 2.24) is 4.98 Å². The van der Waals surface area contributed by atoms with Gasteiger partial charge in [0.25, 0.3) is 0 Å². The van der Waals surface area contributed by atoms with Crippen LogP contribution in [0.15, 0.2) is 60.0 Å². The lowest BCUT2D eigenvalue weighted by atomic mass is 10.0. The number of rotatable bonds is 5. The summed E-state index contributed by atoms with van der Waals surface area (Å²) in [6.45, 7) is 4.34. The van der Waals surface area contributed by atoms with Crippen LogP contribution in [0.5, 0.6) is 0 Å². The van der Waals surface area contributed by atoms with Gasteiger partial charge in [0.05, 0.1) is 16.6 Å². The summed E-state index contributed by atoms with van der Waals surface area (Å²) in [5.74, 6) is 0.493. The standard InChI is InChI=1S/C22H20N2OS2/c1-14(2)16-9-7-15(8-10-16)13-20(25)24-21-17(11-12-26-21)22-23-18-5-3-4-6-19(18)27-22/h3-12,14H,13H2,1-2H3,(H,24,25). The molecule has 2 aromatic heterocycles. The van der Waals surface area contributed by atoms with Crippen LogP contribution in [0.1, 0.15) is 30.9 Å². The van der Waals surface area contributed by atoms with Crippen LogP contribution in [0.4, 0.5) is 5.00 Å². The first-order chi connectivity index (χ1) is 13.1. The van der Waals surface area contributed by atoms with Crippen LogP contribution in [0.25, 0.3) is 20.8 Å². The van der Waals surface area contributed by atoms with E-state index in [0.717, 1.165) is 31.4 Å². The highest BCUT2D eigenvalue weighted by Crippen LogP contribution is 2.37. The predicted molar refractivity (Wildman–Crippen MR) is 116 cm³/mol. The van der Waals surface area contributed by atoms with Crippen molar-refractivity contribution in [2.45, 2.75) is 26.2 Å². The average molecular weight is 393 g/mol. The number of benzene rings is 2. The molecule has 1 amide bonds. The van der Waals surface area contributed by atoms with E-state index in [1.54, 1.807) is 11.3 Å². The fourth-order valence-corrected chi connectivity index (χ4v) is 4.80. The molecule has 0 bridgehead atoms. The SMILES string of the molecule is CC(C)c1ccc(CC(=O)Nc2sccc2-c2nc3ccccc3s2)cc1. The fourth-order valence-electron chi connectivity index (χ4n) is 2.94. The van der Waals surface area contributed by atoms with Crippen LogP contribution in [0, 0.1) is 0 Å². The third kappa shape index (κ3) is 3.94. The van der Waals surface area contributed by atoms with Crippen LogP contribution in [0.3, 0.4) is 0 Å². The van der Waals surface area contributed by atoms with Crippen molar-refractivity contribution in [3.05, 3.63) is 71.1 Å². The molecule has 27 heavy (non-hydrogen) atoms. The van der Waals surface area contributed by atoms with Gasteiger partial charge in [0, 0.05) is 5.56 Å². The monoisotopic (exact) mass is 392 g/mol. The zero-order valence-corrected chi connectivity index (χ0v) is 16.9. The third-order valence-electron chi connectivity index (χ3n) is 4.45. The van der Waals surface area contributed by atoms with Crippen molar-refractivity contribution in [3.63, 3.8) is 0 Å². The Kier molecular flexibility index (Phi) is 5.05. The lowest BCUT2D eigenvalue weighted by molar-refractivity contribution is -0.115. The quantitative estimate of drug-likeness (QED) is 0.431. The molecule has 0 saturated carbocycles. The number of fused-ring (bicyclic) bond motifs is 1. The highest BCUT2D eigenvalue weighted by Gasteiger charge is 2.14. The molecule has 2 aromatic carbocycles. The molecule has 1 N–H and O–H groups in total. The number of nitrogens with zero attached hydrogens (tertiary/aromatic N) is 1. The van der Waals surface area contributed by atoms with Crippen LogP contribution >= 0.6 is 22.7 Å². The second-order valence-electron chi connectivity index (χ2n) is 6.77. The molecule has 0 saturated heterocycles. The van der Waals surface area contributed by atoms with Crippen molar-refractivity contribution in [2.24, 2.45) is 0 Å². The van der Waals surface area contributed by atoms with Crippen molar-refractivity contribution in [1.29, 1.82) is 0 Å². The molecule has 4 rings (SSSR count). The van der Waals surface area contributed by atoms with Crippen LogP contribution in [0.2, 0.25) is 0 Å². The number of para-hydroxylation sites is 1. The molecule has 5 heteroatoms. The van der Waals surface area contributed by atoms with Crippen molar-refractivity contribution in [3.8, 4) is 10.6 Å². The van der Waals surface area contributed by atoms with E-state index in [0.29, 0.717) is 12.3 Å². The number of aromatic nitrogens is 1. The van der Waals surface area contributed by atoms with Gasteiger partial charge in [0.15, 0.2) is 0 Å². The van der Waals surface area contributed by atoms with Crippen molar-refractivity contribution >= 4 is 43.8 Å². The second-order valence-corrected chi connectivity index (χ2v) is 8.72. The summed E-state index contributed by atoms with van der Waals surface area (Å²) in [4.78, 5) is 17.2. The third-order valence-corrected chi connectivity index (χ3v) is 6.35. The Labute approximate surface area is 166 Å². The summed E-state index contributed by atoms with van der Waals surface area (Å²) >= 11 is 3.18. The number of thiazole rings is 1. The topological polar surface area (TPSA) is 42.0 Å². The zero-order valence-electron chi connectivity index (χ0n) is 15.2. The van der Waals surface area contributed by atoms with E-state index >= 15 is 0 Å². The molecular formula is C22H20N2OS2. The van der Waals surface area contributed by atoms with Crippen LogP contribution in [-0.2, 0) is 11.2 Å². The maximum absolute atomic E-state index is 12.5. The Bertz CT molecular complexity index is 1040. The number of carbonyl (C=O) groups is 1. The maximum Gasteiger partial charge on any atom is 0.229 e. The summed E-state index contributed by atoms with van der Waals surface area (Å²) in [7, 11) is 0. The lowest BCUT2D eigenvalue weighted by Crippen LogP contribution is -2.14. The van der Waals surface area contributed by atoms with Gasteiger partial charge in [0.1, 0.15) is 10.0 Å². The highest BCUT2D eigenvalue weighted by atomic mass is 32.1. The molecule has 136 valence electrons. The minimum atomic E-state index is -0.00268. The molecule has 0 aliphatic rings. The first-order valence-corrected chi connectivity index (χ1v) is 10.6. The Morgan fingerprint density at radius 2 is 1.85 bits per heavy atom. The molecule has 2 heterocycles. The first-order valence-electron chi connectivity index (χ1n) is 8.92. The summed E-state index contributed by atoms with van der Waals surface area (Å²) in [5.41, 5.74) is 4.29. The Morgan fingerprint density at radius 3 is 2.59 bits per heavy atom. The Balaban J connectivity index is 1.50. The molecule has 0 radical (unpaired) electrons. The summed E-state index contributed by atoms with van der Waals surface area (Å²) in [5, 5.41) is 6.86. The highest BCUT2D eigenvalue weighted by molar-refractivity contribution is 7.22. The number of nitrogens with one attached hydrogen (secondary N) is 1. The number of thiophene rings is 1. The van der Waals surface area contributed by atoms with E-state index in [-0.39, 0.29) is 5.91 Å². The zero-order chi connectivity index (χ0) is 18.8. The van der Waals surface area contributed by atoms with Crippen molar-refractivity contribution < 1.29 is 4.79 Å². The van der Waals surface area contributed by atoms with Gasteiger partial charge in [0.2, 0.25) is 5.91 Å². The number of carbonyl (C=O) groups excluding carboxylic acids is 1. The minimum Gasteiger partial charge on any atom is -0.317 e. The van der Waals surface area contributed by atoms with Gasteiger partial charge in [-0.05, 0) is 40.6 Å². The van der Waals surface area contributed by atoms with E-state index in [1.807, 2.05) is 41.8 Å². The van der Waals surface area contributed by atoms with E-state index < -0.39 is 0 Å². The largest absolute Gasteiger partial charge is 0.317 e. The van der Waals surface area contributed by atoms with Crippen LogP contribution in [-0.4, -0.2) is 10.9 Å². The molecule has 3 nitrogen and oxygen atoms in total. The van der Waals surface area contributed by atoms with Crippen LogP contribution < -0.4 is 5.32 Å².